The molecule has 27 heavy (non-hydrogen) atoms. The van der Waals surface area contributed by atoms with Crippen molar-refractivity contribution in [2.24, 2.45) is 5.92 Å². The zero-order valence-electron chi connectivity index (χ0n) is 15.1. The first-order valence-electron chi connectivity index (χ1n) is 8.77. The van der Waals surface area contributed by atoms with Gasteiger partial charge in [-0.15, -0.1) is 0 Å². The molecule has 2 aromatic rings. The van der Waals surface area contributed by atoms with E-state index in [1.54, 1.807) is 30.5 Å². The quantitative estimate of drug-likeness (QED) is 0.845. The van der Waals surface area contributed by atoms with Crippen LogP contribution in [0.1, 0.15) is 18.4 Å². The van der Waals surface area contributed by atoms with E-state index < -0.39 is 9.84 Å². The van der Waals surface area contributed by atoms with Gasteiger partial charge in [-0.2, -0.15) is 0 Å². The fourth-order valence-electron chi connectivity index (χ4n) is 3.20. The second kappa shape index (κ2) is 8.04. The number of piperidine rings is 1. The van der Waals surface area contributed by atoms with Crippen molar-refractivity contribution >= 4 is 21.6 Å². The molecule has 0 aliphatic carbocycles. The van der Waals surface area contributed by atoms with Crippen molar-refractivity contribution in [3.8, 4) is 0 Å². The highest BCUT2D eigenvalue weighted by atomic mass is 32.2. The number of halogens is 1. The number of hydrogen-bond donors (Lipinski definition) is 1. The minimum absolute atomic E-state index is 0.0386. The van der Waals surface area contributed by atoms with Crippen molar-refractivity contribution in [2.75, 3.05) is 24.2 Å². The Balaban J connectivity index is 1.57. The molecule has 1 N–H and O–H groups in total. The van der Waals surface area contributed by atoms with E-state index in [2.05, 4.69) is 10.3 Å². The molecule has 0 atom stereocenters. The van der Waals surface area contributed by atoms with E-state index in [1.807, 2.05) is 4.90 Å². The van der Waals surface area contributed by atoms with Gasteiger partial charge in [0, 0.05) is 38.0 Å². The van der Waals surface area contributed by atoms with E-state index in [0.717, 1.165) is 5.56 Å². The largest absolute Gasteiger partial charge is 0.355 e. The second-order valence-electron chi connectivity index (χ2n) is 6.70. The zero-order chi connectivity index (χ0) is 19.4. The molecule has 0 saturated carbocycles. The van der Waals surface area contributed by atoms with Crippen molar-refractivity contribution in [1.82, 2.24) is 10.3 Å². The third-order valence-corrected chi connectivity index (χ3v) is 5.81. The highest BCUT2D eigenvalue weighted by Crippen LogP contribution is 2.27. The maximum Gasteiger partial charge on any atom is 0.223 e. The lowest BCUT2D eigenvalue weighted by atomic mass is 9.96. The van der Waals surface area contributed by atoms with Crippen molar-refractivity contribution < 1.29 is 17.6 Å². The number of nitrogens with zero attached hydrogens (tertiary/aromatic N) is 2. The van der Waals surface area contributed by atoms with Gasteiger partial charge in [0.2, 0.25) is 5.91 Å². The molecule has 8 heteroatoms. The van der Waals surface area contributed by atoms with Crippen molar-refractivity contribution in [1.29, 1.82) is 0 Å². The second-order valence-corrected chi connectivity index (χ2v) is 8.69. The predicted molar refractivity (Wildman–Crippen MR) is 101 cm³/mol. The molecule has 1 aromatic heterocycles. The standard InChI is InChI=1S/C19H22FN3O3S/c1-27(25,26)17-3-2-10-21-18(17)23-11-8-15(9-12-23)19(24)22-13-14-4-6-16(20)7-5-14/h2-7,10,15H,8-9,11-13H2,1H3,(H,22,24). The van der Waals surface area contributed by atoms with E-state index in [0.29, 0.717) is 38.3 Å². The Bertz CT molecular complexity index is 908. The molecule has 0 spiro atoms. The molecular formula is C19H22FN3O3S. The maximum absolute atomic E-state index is 12.9. The van der Waals surface area contributed by atoms with Gasteiger partial charge in [-0.25, -0.2) is 17.8 Å². The van der Waals surface area contributed by atoms with Gasteiger partial charge in [-0.05, 0) is 42.7 Å². The monoisotopic (exact) mass is 391 g/mol. The smallest absolute Gasteiger partial charge is 0.223 e. The number of nitrogens with one attached hydrogen (secondary N) is 1. The summed E-state index contributed by atoms with van der Waals surface area (Å²) in [5, 5.41) is 2.89. The lowest BCUT2D eigenvalue weighted by Gasteiger charge is -2.33. The van der Waals surface area contributed by atoms with Crippen LogP contribution in [0.5, 0.6) is 0 Å². The number of anilines is 1. The average molecular weight is 391 g/mol. The minimum Gasteiger partial charge on any atom is -0.355 e. The zero-order valence-corrected chi connectivity index (χ0v) is 15.9. The van der Waals surface area contributed by atoms with E-state index in [9.17, 15) is 17.6 Å². The van der Waals surface area contributed by atoms with Crippen LogP contribution in [0.2, 0.25) is 0 Å². The number of amides is 1. The van der Waals surface area contributed by atoms with Crippen LogP contribution < -0.4 is 10.2 Å². The summed E-state index contributed by atoms with van der Waals surface area (Å²) in [6.45, 7) is 1.49. The summed E-state index contributed by atoms with van der Waals surface area (Å²) in [4.78, 5) is 18.8. The highest BCUT2D eigenvalue weighted by Gasteiger charge is 2.28. The summed E-state index contributed by atoms with van der Waals surface area (Å²) in [5.41, 5.74) is 0.841. The highest BCUT2D eigenvalue weighted by molar-refractivity contribution is 7.90. The molecule has 0 unspecified atom stereocenters. The first-order valence-corrected chi connectivity index (χ1v) is 10.7. The Morgan fingerprint density at radius 2 is 1.89 bits per heavy atom. The van der Waals surface area contributed by atoms with Gasteiger partial charge in [-0.3, -0.25) is 4.79 Å². The Hall–Kier alpha value is -2.48. The van der Waals surface area contributed by atoms with Crippen LogP contribution in [0, 0.1) is 11.7 Å². The Morgan fingerprint density at radius 3 is 2.52 bits per heavy atom. The van der Waals surface area contributed by atoms with Gasteiger partial charge >= 0.3 is 0 Å². The van der Waals surface area contributed by atoms with Crippen LogP contribution in [0.25, 0.3) is 0 Å². The van der Waals surface area contributed by atoms with Gasteiger partial charge in [0.15, 0.2) is 9.84 Å². The molecule has 1 amide bonds. The van der Waals surface area contributed by atoms with Crippen LogP contribution in [0.3, 0.4) is 0 Å². The van der Waals surface area contributed by atoms with Crippen LogP contribution in [-0.2, 0) is 21.2 Å². The lowest BCUT2D eigenvalue weighted by Crippen LogP contribution is -2.41. The molecule has 2 heterocycles. The van der Waals surface area contributed by atoms with Crippen LogP contribution in [0.4, 0.5) is 10.2 Å². The van der Waals surface area contributed by atoms with Crippen LogP contribution >= 0.6 is 0 Å². The third-order valence-electron chi connectivity index (χ3n) is 4.70. The fourth-order valence-corrected chi connectivity index (χ4v) is 4.04. The molecule has 0 bridgehead atoms. The Labute approximate surface area is 158 Å². The summed E-state index contributed by atoms with van der Waals surface area (Å²) in [5.74, 6) is -0.0268. The molecule has 1 aliphatic rings. The number of rotatable bonds is 5. The van der Waals surface area contributed by atoms with Crippen LogP contribution in [0.15, 0.2) is 47.5 Å². The summed E-state index contributed by atoms with van der Waals surface area (Å²) in [6.07, 6.45) is 3.98. The van der Waals surface area contributed by atoms with Crippen molar-refractivity contribution in [3.63, 3.8) is 0 Å². The number of benzene rings is 1. The Morgan fingerprint density at radius 1 is 1.22 bits per heavy atom. The molecule has 1 aromatic carbocycles. The Kier molecular flexibility index (Phi) is 5.74. The fraction of sp³-hybridized carbons (Fsp3) is 0.368. The average Bonchev–Trinajstić information content (AvgIpc) is 2.67. The summed E-state index contributed by atoms with van der Waals surface area (Å²) in [6, 6.07) is 9.19. The van der Waals surface area contributed by atoms with E-state index in [-0.39, 0.29) is 22.5 Å². The van der Waals surface area contributed by atoms with Gasteiger partial charge in [0.25, 0.3) is 0 Å². The van der Waals surface area contributed by atoms with Gasteiger partial charge in [-0.1, -0.05) is 12.1 Å². The number of carbonyl (C=O) groups excluding carboxylic acids is 1. The summed E-state index contributed by atoms with van der Waals surface area (Å²) >= 11 is 0. The number of pyridine rings is 1. The first-order chi connectivity index (χ1) is 12.8. The normalized spacial score (nSPS) is 15.6. The molecule has 1 saturated heterocycles. The first kappa shape index (κ1) is 19.3. The molecule has 6 nitrogen and oxygen atoms in total. The molecule has 0 radical (unpaired) electrons. The maximum atomic E-state index is 12.9. The van der Waals surface area contributed by atoms with Crippen molar-refractivity contribution in [3.05, 3.63) is 54.0 Å². The van der Waals surface area contributed by atoms with Crippen LogP contribution in [-0.4, -0.2) is 38.7 Å². The topological polar surface area (TPSA) is 79.4 Å². The predicted octanol–water partition coefficient (Wildman–Crippen LogP) is 2.16. The SMILES string of the molecule is CS(=O)(=O)c1cccnc1N1CCC(C(=O)NCc2ccc(F)cc2)CC1. The summed E-state index contributed by atoms with van der Waals surface area (Å²) < 4.78 is 36.8. The summed E-state index contributed by atoms with van der Waals surface area (Å²) in [7, 11) is -3.37. The molecule has 144 valence electrons. The molecular weight excluding hydrogens is 369 g/mol. The third kappa shape index (κ3) is 4.82. The van der Waals surface area contributed by atoms with E-state index in [4.69, 9.17) is 0 Å². The van der Waals surface area contributed by atoms with Gasteiger partial charge in [0.05, 0.1) is 0 Å². The van der Waals surface area contributed by atoms with E-state index in [1.165, 1.54) is 18.4 Å². The van der Waals surface area contributed by atoms with E-state index >= 15 is 0 Å². The molecule has 1 aliphatic heterocycles. The number of carbonyl (C=O) groups is 1. The number of sulfone groups is 1. The van der Waals surface area contributed by atoms with Crippen molar-refractivity contribution in [2.45, 2.75) is 24.3 Å². The lowest BCUT2D eigenvalue weighted by molar-refractivity contribution is -0.125. The minimum atomic E-state index is -3.37. The van der Waals surface area contributed by atoms with Gasteiger partial charge in [0.1, 0.15) is 16.5 Å². The van der Waals surface area contributed by atoms with Gasteiger partial charge < -0.3 is 10.2 Å². The number of aromatic nitrogens is 1. The molecule has 1 fully saturated rings. The number of hydrogen-bond acceptors (Lipinski definition) is 5. The molecule has 3 rings (SSSR count).